The van der Waals surface area contributed by atoms with Gasteiger partial charge in [0.25, 0.3) is 0 Å². The van der Waals surface area contributed by atoms with Crippen LogP contribution in [-0.2, 0) is 4.74 Å². The molecule has 0 unspecified atom stereocenters. The lowest BCUT2D eigenvalue weighted by Gasteiger charge is -2.19. The van der Waals surface area contributed by atoms with Crippen LogP contribution in [0.15, 0.2) is 9.79 Å². The zero-order chi connectivity index (χ0) is 18.2. The van der Waals surface area contributed by atoms with Gasteiger partial charge in [-0.3, -0.25) is 0 Å². The first-order chi connectivity index (χ1) is 10.3. The number of methoxy groups -OCH3 is 1. The Morgan fingerprint density at radius 1 is 0.870 bits per heavy atom. The highest BCUT2D eigenvalue weighted by atomic mass is 35.5. The number of ether oxygens (including phenoxy) is 1. The van der Waals surface area contributed by atoms with Crippen LogP contribution < -0.4 is 0 Å². The third-order valence-electron chi connectivity index (χ3n) is 2.06. The lowest BCUT2D eigenvalue weighted by molar-refractivity contribution is -0.0346. The largest absolute Gasteiger partial charge is 0.465 e. The summed E-state index contributed by atoms with van der Waals surface area (Å²) < 4.78 is 80.1. The van der Waals surface area contributed by atoms with E-state index in [0.717, 1.165) is 7.11 Å². The Morgan fingerprint density at radius 2 is 1.30 bits per heavy atom. The molecule has 0 aliphatic rings. The van der Waals surface area contributed by atoms with E-state index in [1.165, 1.54) is 0 Å². The highest BCUT2D eigenvalue weighted by Gasteiger charge is 2.40. The van der Waals surface area contributed by atoms with Gasteiger partial charge in [-0.15, -0.1) is 0 Å². The molecule has 0 aromatic heterocycles. The number of carbonyl (C=O) groups is 1. The van der Waals surface area contributed by atoms with Gasteiger partial charge < -0.3 is 4.74 Å². The first-order valence-corrected chi connectivity index (χ1v) is 7.85. The lowest BCUT2D eigenvalue weighted by atomic mass is 10.2. The van der Waals surface area contributed by atoms with Gasteiger partial charge in [-0.25, -0.2) is 4.79 Å². The Bertz CT molecular complexity index is 633. The maximum Gasteiger partial charge on any atom is 0.446 e. The van der Waals surface area contributed by atoms with E-state index in [4.69, 9.17) is 34.8 Å². The number of alkyl halides is 6. The molecule has 0 saturated carbocycles. The van der Waals surface area contributed by atoms with Crippen molar-refractivity contribution in [3.63, 3.8) is 0 Å². The van der Waals surface area contributed by atoms with Crippen LogP contribution >= 0.6 is 58.3 Å². The summed E-state index contributed by atoms with van der Waals surface area (Å²) >= 11 is 14.9. The van der Waals surface area contributed by atoms with E-state index in [0.29, 0.717) is 0 Å². The standard InChI is InChI=1S/C10H3Cl3F6O2S2/c1-21-8(20)2-3(11)4(12)5(13)7(23-10(17,18)19)6(2)22-9(14,15)16/h1H3. The van der Waals surface area contributed by atoms with Gasteiger partial charge in [0.15, 0.2) is 0 Å². The molecule has 23 heavy (non-hydrogen) atoms. The van der Waals surface area contributed by atoms with Gasteiger partial charge in [-0.2, -0.15) is 26.3 Å². The Balaban J connectivity index is 3.77. The zero-order valence-corrected chi connectivity index (χ0v) is 14.4. The fourth-order valence-corrected chi connectivity index (χ4v) is 3.88. The van der Waals surface area contributed by atoms with Gasteiger partial charge in [0.1, 0.15) is 0 Å². The average Bonchev–Trinajstić information content (AvgIpc) is 2.38. The molecule has 1 aromatic carbocycles. The predicted octanol–water partition coefficient (Wildman–Crippen LogP) is 6.66. The van der Waals surface area contributed by atoms with E-state index < -0.39 is 70.9 Å². The first kappa shape index (κ1) is 20.9. The molecule has 0 saturated heterocycles. The topological polar surface area (TPSA) is 26.3 Å². The molecule has 0 amide bonds. The summed E-state index contributed by atoms with van der Waals surface area (Å²) in [6.07, 6.45) is 0. The van der Waals surface area contributed by atoms with Gasteiger partial charge in [0.05, 0.1) is 32.6 Å². The Kier molecular flexibility index (Phi) is 6.70. The van der Waals surface area contributed by atoms with Crippen LogP contribution in [0, 0.1) is 0 Å². The van der Waals surface area contributed by atoms with Crippen LogP contribution in [0.25, 0.3) is 0 Å². The second-order valence-corrected chi connectivity index (χ2v) is 6.85. The summed E-state index contributed by atoms with van der Waals surface area (Å²) in [6.45, 7) is 0. The van der Waals surface area contributed by atoms with E-state index in [2.05, 4.69) is 4.74 Å². The second kappa shape index (κ2) is 7.38. The second-order valence-electron chi connectivity index (χ2n) is 3.56. The van der Waals surface area contributed by atoms with Gasteiger partial charge >= 0.3 is 17.0 Å². The summed E-state index contributed by atoms with van der Waals surface area (Å²) in [5.41, 5.74) is -10.9. The summed E-state index contributed by atoms with van der Waals surface area (Å²) in [4.78, 5) is 9.42. The van der Waals surface area contributed by atoms with Crippen molar-refractivity contribution >= 4 is 64.3 Å². The highest BCUT2D eigenvalue weighted by molar-refractivity contribution is 8.03. The van der Waals surface area contributed by atoms with Gasteiger partial charge in [-0.1, -0.05) is 34.8 Å². The minimum absolute atomic E-state index is 0.688. The van der Waals surface area contributed by atoms with Crippen molar-refractivity contribution in [3.8, 4) is 0 Å². The molecule has 1 rings (SSSR count). The molecular formula is C10H3Cl3F6O2S2. The number of hydrogen-bond acceptors (Lipinski definition) is 4. The molecular weight excluding hydrogens is 437 g/mol. The summed E-state index contributed by atoms with van der Waals surface area (Å²) in [6, 6.07) is 0. The highest BCUT2D eigenvalue weighted by Crippen LogP contribution is 2.54. The maximum atomic E-state index is 12.7. The van der Waals surface area contributed by atoms with Crippen LogP contribution in [-0.4, -0.2) is 24.1 Å². The van der Waals surface area contributed by atoms with Crippen molar-refractivity contribution in [2.45, 2.75) is 20.8 Å². The molecule has 0 fully saturated rings. The van der Waals surface area contributed by atoms with Crippen molar-refractivity contribution < 1.29 is 35.9 Å². The molecule has 1 aromatic rings. The summed E-state index contributed by atoms with van der Waals surface area (Å²) in [5, 5.41) is -2.27. The molecule has 0 radical (unpaired) electrons. The Hall–Kier alpha value is -0.160. The predicted molar refractivity (Wildman–Crippen MR) is 76.6 cm³/mol. The third-order valence-corrected chi connectivity index (χ3v) is 5.32. The number of halogens is 9. The van der Waals surface area contributed by atoms with E-state index in [9.17, 15) is 31.1 Å². The van der Waals surface area contributed by atoms with Crippen molar-refractivity contribution in [1.29, 1.82) is 0 Å². The normalized spacial score (nSPS) is 12.4. The Morgan fingerprint density at radius 3 is 1.70 bits per heavy atom. The maximum absolute atomic E-state index is 12.7. The molecule has 130 valence electrons. The number of esters is 1. The van der Waals surface area contributed by atoms with E-state index in [1.807, 2.05) is 0 Å². The van der Waals surface area contributed by atoms with E-state index in [-0.39, 0.29) is 0 Å². The van der Waals surface area contributed by atoms with Crippen LogP contribution in [0.3, 0.4) is 0 Å². The molecule has 0 aliphatic carbocycles. The average molecular weight is 440 g/mol. The molecule has 0 heterocycles. The fourth-order valence-electron chi connectivity index (χ4n) is 1.32. The van der Waals surface area contributed by atoms with Crippen LogP contribution in [0.1, 0.15) is 10.4 Å². The molecule has 0 spiro atoms. The van der Waals surface area contributed by atoms with Gasteiger partial charge in [-0.05, 0) is 23.5 Å². The van der Waals surface area contributed by atoms with Crippen molar-refractivity contribution in [1.82, 2.24) is 0 Å². The first-order valence-electron chi connectivity index (χ1n) is 5.08. The van der Waals surface area contributed by atoms with Crippen LogP contribution in [0.2, 0.25) is 15.1 Å². The lowest BCUT2D eigenvalue weighted by Crippen LogP contribution is -2.11. The number of benzene rings is 1. The Labute approximate surface area is 148 Å². The van der Waals surface area contributed by atoms with Crippen LogP contribution in [0.5, 0.6) is 0 Å². The zero-order valence-electron chi connectivity index (χ0n) is 10.5. The van der Waals surface area contributed by atoms with E-state index >= 15 is 0 Å². The quantitative estimate of drug-likeness (QED) is 0.228. The number of carbonyl (C=O) groups excluding carboxylic acids is 1. The minimum Gasteiger partial charge on any atom is -0.465 e. The van der Waals surface area contributed by atoms with E-state index in [1.54, 1.807) is 0 Å². The summed E-state index contributed by atoms with van der Waals surface area (Å²) in [5.74, 6) is -1.38. The molecule has 0 aliphatic heterocycles. The summed E-state index contributed by atoms with van der Waals surface area (Å²) in [7, 11) is 0.819. The molecule has 0 bridgehead atoms. The SMILES string of the molecule is COC(=O)c1c(Cl)c(Cl)c(Cl)c(SC(F)(F)F)c1SC(F)(F)F. The molecule has 13 heteroatoms. The monoisotopic (exact) mass is 438 g/mol. The van der Waals surface area contributed by atoms with Gasteiger partial charge in [0, 0.05) is 4.90 Å². The number of hydrogen-bond donors (Lipinski definition) is 0. The molecule has 2 nitrogen and oxygen atoms in total. The fraction of sp³-hybridized carbons (Fsp3) is 0.300. The minimum atomic E-state index is -5.01. The van der Waals surface area contributed by atoms with Crippen molar-refractivity contribution in [3.05, 3.63) is 20.6 Å². The molecule has 0 N–H and O–H groups in total. The molecule has 0 atom stereocenters. The third kappa shape index (κ3) is 5.42. The van der Waals surface area contributed by atoms with Crippen molar-refractivity contribution in [2.24, 2.45) is 0 Å². The van der Waals surface area contributed by atoms with Crippen LogP contribution in [0.4, 0.5) is 26.3 Å². The number of thioether (sulfide) groups is 2. The van der Waals surface area contributed by atoms with Crippen molar-refractivity contribution in [2.75, 3.05) is 7.11 Å². The number of rotatable bonds is 3. The smallest absolute Gasteiger partial charge is 0.446 e. The van der Waals surface area contributed by atoms with Gasteiger partial charge in [0.2, 0.25) is 0 Å².